The summed E-state index contributed by atoms with van der Waals surface area (Å²) >= 11 is 0. The van der Waals surface area contributed by atoms with Crippen molar-refractivity contribution in [2.75, 3.05) is 0 Å². The molecule has 0 atom stereocenters. The third-order valence-corrected chi connectivity index (χ3v) is 3.85. The van der Waals surface area contributed by atoms with Crippen LogP contribution in [-0.4, -0.2) is 0 Å². The lowest BCUT2D eigenvalue weighted by Crippen LogP contribution is -2.23. The molecule has 3 nitrogen and oxygen atoms in total. The van der Waals surface area contributed by atoms with Crippen molar-refractivity contribution in [3.63, 3.8) is 0 Å². The van der Waals surface area contributed by atoms with Crippen molar-refractivity contribution in [3.05, 3.63) is 84.1 Å². The molecule has 0 aliphatic heterocycles. The molecular weight excluding hydrogens is 258 g/mol. The molecule has 1 aliphatic rings. The fraction of sp³-hybridized carbons (Fsp3) is 0. The van der Waals surface area contributed by atoms with E-state index in [1.54, 1.807) is 6.08 Å². The van der Waals surface area contributed by atoms with Gasteiger partial charge in [0, 0.05) is 5.56 Å². The van der Waals surface area contributed by atoms with Crippen molar-refractivity contribution in [1.82, 2.24) is 5.43 Å². The van der Waals surface area contributed by atoms with Gasteiger partial charge in [-0.25, -0.2) is 0 Å². The summed E-state index contributed by atoms with van der Waals surface area (Å²) in [6.45, 7) is 7.91. The van der Waals surface area contributed by atoms with Crippen LogP contribution in [0, 0.1) is 0 Å². The zero-order chi connectivity index (χ0) is 15.0. The minimum atomic E-state index is 0.569. The Morgan fingerprint density at radius 2 is 1.67 bits per heavy atom. The second-order valence-electron chi connectivity index (χ2n) is 4.96. The molecule has 0 amide bonds. The van der Waals surface area contributed by atoms with Gasteiger partial charge >= 0.3 is 0 Å². The van der Waals surface area contributed by atoms with Crippen LogP contribution in [0.3, 0.4) is 0 Å². The second-order valence-corrected chi connectivity index (χ2v) is 4.96. The summed E-state index contributed by atoms with van der Waals surface area (Å²) in [6, 6.07) is 14.4. The van der Waals surface area contributed by atoms with E-state index in [9.17, 15) is 0 Å². The van der Waals surface area contributed by atoms with Gasteiger partial charge in [0.15, 0.2) is 0 Å². The number of hydrogen-bond acceptors (Lipinski definition) is 3. The smallest absolute Gasteiger partial charge is 0.0716 e. The van der Waals surface area contributed by atoms with Gasteiger partial charge in [-0.3, -0.25) is 5.84 Å². The van der Waals surface area contributed by atoms with Gasteiger partial charge in [0.05, 0.1) is 11.4 Å². The third-order valence-electron chi connectivity index (χ3n) is 3.85. The molecule has 21 heavy (non-hydrogen) atoms. The Balaban J connectivity index is 2.16. The number of rotatable bonds is 3. The molecule has 0 fully saturated rings. The number of allylic oxidation sites excluding steroid dienone is 1. The monoisotopic (exact) mass is 275 g/mol. The van der Waals surface area contributed by atoms with Crippen molar-refractivity contribution < 1.29 is 0 Å². The fourth-order valence-corrected chi connectivity index (χ4v) is 2.72. The van der Waals surface area contributed by atoms with Crippen molar-refractivity contribution in [1.29, 1.82) is 0 Å². The van der Waals surface area contributed by atoms with Gasteiger partial charge in [0.1, 0.15) is 0 Å². The Kier molecular flexibility index (Phi) is 3.12. The molecule has 0 saturated carbocycles. The number of fused-ring (bicyclic) bond motifs is 3. The van der Waals surface area contributed by atoms with Crippen LogP contribution in [0.25, 0.3) is 22.4 Å². The van der Waals surface area contributed by atoms with E-state index in [1.165, 1.54) is 16.7 Å². The van der Waals surface area contributed by atoms with Gasteiger partial charge < -0.3 is 11.2 Å². The van der Waals surface area contributed by atoms with Gasteiger partial charge in [-0.05, 0) is 40.0 Å². The molecule has 0 heterocycles. The Morgan fingerprint density at radius 3 is 2.33 bits per heavy atom. The molecule has 2 aromatic carbocycles. The van der Waals surface area contributed by atoms with Crippen LogP contribution < -0.4 is 17.0 Å². The molecule has 3 rings (SSSR count). The Hall–Kier alpha value is -2.78. The van der Waals surface area contributed by atoms with Crippen molar-refractivity contribution in [2.24, 2.45) is 11.6 Å². The number of benzene rings is 2. The maximum absolute atomic E-state index is 6.14. The summed E-state index contributed by atoms with van der Waals surface area (Å²) in [6.07, 6.45) is 1.60. The Morgan fingerprint density at radius 1 is 1.00 bits per heavy atom. The highest BCUT2D eigenvalue weighted by Crippen LogP contribution is 2.43. The predicted octanol–water partition coefficient (Wildman–Crippen LogP) is 3.01. The first-order valence-corrected chi connectivity index (χ1v) is 6.69. The molecule has 104 valence electrons. The summed E-state index contributed by atoms with van der Waals surface area (Å²) < 4.78 is 0. The van der Waals surface area contributed by atoms with E-state index < -0.39 is 0 Å². The first-order valence-electron chi connectivity index (χ1n) is 6.69. The molecule has 5 N–H and O–H groups in total. The SMILES string of the molecule is C=C/C(NN)=C(/N)c1ccc2c(c1)C(=C)c1ccccc1-2. The van der Waals surface area contributed by atoms with Gasteiger partial charge in [-0.2, -0.15) is 0 Å². The number of hydrazine groups is 1. The molecule has 2 aromatic rings. The normalized spacial score (nSPS) is 13.3. The summed E-state index contributed by atoms with van der Waals surface area (Å²) in [5, 5.41) is 0. The molecule has 0 bridgehead atoms. The average Bonchev–Trinajstić information content (AvgIpc) is 2.81. The number of nitrogens with two attached hydrogens (primary N) is 2. The molecule has 1 aliphatic carbocycles. The topological polar surface area (TPSA) is 64.1 Å². The van der Waals surface area contributed by atoms with Crippen molar-refractivity contribution in [3.8, 4) is 11.1 Å². The first-order chi connectivity index (χ1) is 10.2. The Labute approximate surface area is 124 Å². The fourth-order valence-electron chi connectivity index (χ4n) is 2.72. The van der Waals surface area contributed by atoms with Crippen LogP contribution >= 0.6 is 0 Å². The number of nitrogens with one attached hydrogen (secondary N) is 1. The minimum Gasteiger partial charge on any atom is -0.397 e. The summed E-state index contributed by atoms with van der Waals surface area (Å²) in [5.74, 6) is 5.45. The van der Waals surface area contributed by atoms with E-state index in [1.807, 2.05) is 24.3 Å². The third kappa shape index (κ3) is 1.95. The average molecular weight is 275 g/mol. The van der Waals surface area contributed by atoms with Crippen LogP contribution in [-0.2, 0) is 0 Å². The maximum atomic E-state index is 6.14. The second kappa shape index (κ2) is 4.96. The largest absolute Gasteiger partial charge is 0.397 e. The molecular formula is C18H17N3. The zero-order valence-electron chi connectivity index (χ0n) is 11.7. The van der Waals surface area contributed by atoms with E-state index in [0.717, 1.165) is 16.7 Å². The molecule has 0 unspecified atom stereocenters. The Bertz CT molecular complexity index is 785. The molecule has 0 aromatic heterocycles. The minimum absolute atomic E-state index is 0.569. The summed E-state index contributed by atoms with van der Waals surface area (Å²) in [4.78, 5) is 0. The number of hydrogen-bond donors (Lipinski definition) is 3. The highest BCUT2D eigenvalue weighted by Gasteiger charge is 2.22. The van der Waals surface area contributed by atoms with Crippen LogP contribution in [0.1, 0.15) is 16.7 Å². The lowest BCUT2D eigenvalue weighted by Gasteiger charge is -2.10. The van der Waals surface area contributed by atoms with E-state index >= 15 is 0 Å². The van der Waals surface area contributed by atoms with Crippen LogP contribution in [0.15, 0.2) is 67.4 Å². The van der Waals surface area contributed by atoms with Gasteiger partial charge in [0.25, 0.3) is 0 Å². The maximum Gasteiger partial charge on any atom is 0.0716 e. The summed E-state index contributed by atoms with van der Waals surface area (Å²) in [5.41, 5.74) is 16.5. The molecule has 0 saturated heterocycles. The van der Waals surface area contributed by atoms with Crippen LogP contribution in [0.4, 0.5) is 0 Å². The lowest BCUT2D eigenvalue weighted by atomic mass is 10.0. The predicted molar refractivity (Wildman–Crippen MR) is 88.6 cm³/mol. The highest BCUT2D eigenvalue weighted by atomic mass is 15.2. The van der Waals surface area contributed by atoms with Crippen molar-refractivity contribution in [2.45, 2.75) is 0 Å². The molecule has 0 spiro atoms. The zero-order valence-corrected chi connectivity index (χ0v) is 11.7. The van der Waals surface area contributed by atoms with Crippen LogP contribution in [0.2, 0.25) is 0 Å². The highest BCUT2D eigenvalue weighted by molar-refractivity contribution is 6.01. The van der Waals surface area contributed by atoms with Crippen LogP contribution in [0.5, 0.6) is 0 Å². The summed E-state index contributed by atoms with van der Waals surface area (Å²) in [7, 11) is 0. The first kappa shape index (κ1) is 13.2. The lowest BCUT2D eigenvalue weighted by molar-refractivity contribution is 0.917. The van der Waals surface area contributed by atoms with E-state index in [4.69, 9.17) is 11.6 Å². The molecule has 3 heteroatoms. The van der Waals surface area contributed by atoms with E-state index in [-0.39, 0.29) is 0 Å². The standard InChI is InChI=1S/C18H17N3/c1-3-17(21-20)18(19)12-8-9-15-14-7-5-4-6-13(14)11(2)16(15)10-12/h3-10,21H,1-2,19-20H2/b18-17-. The van der Waals surface area contributed by atoms with Gasteiger partial charge in [0.2, 0.25) is 0 Å². The van der Waals surface area contributed by atoms with Gasteiger partial charge in [-0.15, -0.1) is 0 Å². The van der Waals surface area contributed by atoms with E-state index in [0.29, 0.717) is 11.4 Å². The quantitative estimate of drug-likeness (QED) is 0.391. The van der Waals surface area contributed by atoms with Gasteiger partial charge in [-0.1, -0.05) is 49.6 Å². The van der Waals surface area contributed by atoms with Crippen molar-refractivity contribution >= 4 is 11.3 Å². The van der Waals surface area contributed by atoms with E-state index in [2.05, 4.69) is 36.8 Å². The molecule has 0 radical (unpaired) electrons.